The average Bonchev–Trinajstić information content (AvgIpc) is 3.20. The molecule has 8 nitrogen and oxygen atoms in total. The Morgan fingerprint density at radius 1 is 1.09 bits per heavy atom. The zero-order chi connectivity index (χ0) is 15.8. The normalized spacial score (nSPS) is 23.6. The third kappa shape index (κ3) is 2.42. The number of aromatic nitrogens is 2. The highest BCUT2D eigenvalue weighted by atomic mass is 32.2. The van der Waals surface area contributed by atoms with Crippen LogP contribution < -0.4 is 0 Å². The smallest absolute Gasteiger partial charge is 0.330 e. The van der Waals surface area contributed by atoms with E-state index in [1.165, 1.54) is 21.1 Å². The number of aliphatic carboxylic acids is 1. The van der Waals surface area contributed by atoms with Crippen LogP contribution in [-0.4, -0.2) is 63.8 Å². The van der Waals surface area contributed by atoms with E-state index in [9.17, 15) is 18.3 Å². The minimum atomic E-state index is -3.46. The second-order valence-corrected chi connectivity index (χ2v) is 7.75. The lowest BCUT2D eigenvalue weighted by atomic mass is 9.88. The van der Waals surface area contributed by atoms with E-state index < -0.39 is 21.7 Å². The molecule has 2 saturated heterocycles. The van der Waals surface area contributed by atoms with Crippen LogP contribution in [0.15, 0.2) is 18.7 Å². The summed E-state index contributed by atoms with van der Waals surface area (Å²) in [7, 11) is -3.46. The summed E-state index contributed by atoms with van der Waals surface area (Å²) in [6.07, 6.45) is 6.91. The average molecular weight is 328 g/mol. The van der Waals surface area contributed by atoms with Crippen LogP contribution in [-0.2, 0) is 20.5 Å². The first-order valence-electron chi connectivity index (χ1n) is 7.44. The summed E-state index contributed by atoms with van der Waals surface area (Å²) in [5.74, 6) is -0.941. The first-order valence-corrected chi connectivity index (χ1v) is 8.83. The van der Waals surface area contributed by atoms with Gasteiger partial charge in [0.25, 0.3) is 10.2 Å². The van der Waals surface area contributed by atoms with Crippen LogP contribution in [0, 0.1) is 0 Å². The lowest BCUT2D eigenvalue weighted by Crippen LogP contribution is -2.54. The maximum absolute atomic E-state index is 12.5. The highest BCUT2D eigenvalue weighted by molar-refractivity contribution is 7.86. The summed E-state index contributed by atoms with van der Waals surface area (Å²) in [4.78, 5) is 15.7. The molecule has 0 unspecified atom stereocenters. The van der Waals surface area contributed by atoms with Gasteiger partial charge in [0, 0.05) is 38.6 Å². The molecule has 0 amide bonds. The van der Waals surface area contributed by atoms with Crippen molar-refractivity contribution < 1.29 is 18.3 Å². The van der Waals surface area contributed by atoms with E-state index in [2.05, 4.69) is 4.98 Å². The van der Waals surface area contributed by atoms with E-state index >= 15 is 0 Å². The summed E-state index contributed by atoms with van der Waals surface area (Å²) >= 11 is 0. The van der Waals surface area contributed by atoms with Crippen molar-refractivity contribution in [3.8, 4) is 0 Å². The van der Waals surface area contributed by atoms with E-state index in [4.69, 9.17) is 0 Å². The van der Waals surface area contributed by atoms with E-state index in [0.29, 0.717) is 13.1 Å². The molecule has 3 rings (SSSR count). The fraction of sp³-hybridized carbons (Fsp3) is 0.692. The summed E-state index contributed by atoms with van der Waals surface area (Å²) in [5, 5.41) is 9.63. The van der Waals surface area contributed by atoms with Gasteiger partial charge in [-0.2, -0.15) is 17.0 Å². The molecule has 22 heavy (non-hydrogen) atoms. The molecule has 1 aromatic rings. The van der Waals surface area contributed by atoms with E-state index in [1.54, 1.807) is 10.8 Å². The molecule has 1 N–H and O–H groups in total. The topological polar surface area (TPSA) is 95.7 Å². The second-order valence-electron chi connectivity index (χ2n) is 5.82. The lowest BCUT2D eigenvalue weighted by Gasteiger charge is -2.39. The van der Waals surface area contributed by atoms with Gasteiger partial charge in [0.2, 0.25) is 0 Å². The molecule has 122 valence electrons. The maximum Gasteiger partial charge on any atom is 0.330 e. The van der Waals surface area contributed by atoms with Gasteiger partial charge in [-0.1, -0.05) is 0 Å². The summed E-state index contributed by atoms with van der Waals surface area (Å²) in [5.41, 5.74) is -1.10. The van der Waals surface area contributed by atoms with Crippen LogP contribution in [0.1, 0.15) is 25.7 Å². The van der Waals surface area contributed by atoms with Gasteiger partial charge in [0.1, 0.15) is 5.54 Å². The van der Waals surface area contributed by atoms with Crippen LogP contribution in [0.2, 0.25) is 0 Å². The summed E-state index contributed by atoms with van der Waals surface area (Å²) in [6, 6.07) is 0. The van der Waals surface area contributed by atoms with Gasteiger partial charge in [-0.3, -0.25) is 0 Å². The Hall–Kier alpha value is -1.45. The Balaban J connectivity index is 1.78. The molecule has 2 fully saturated rings. The maximum atomic E-state index is 12.5. The van der Waals surface area contributed by atoms with Gasteiger partial charge in [-0.05, 0) is 25.7 Å². The zero-order valence-corrected chi connectivity index (χ0v) is 13.1. The number of carbonyl (C=O) groups is 1. The van der Waals surface area contributed by atoms with Crippen molar-refractivity contribution in [2.24, 2.45) is 0 Å². The van der Waals surface area contributed by atoms with Crippen LogP contribution in [0.3, 0.4) is 0 Å². The van der Waals surface area contributed by atoms with Gasteiger partial charge in [-0.15, -0.1) is 0 Å². The number of carboxylic acids is 1. The molecular weight excluding hydrogens is 308 g/mol. The van der Waals surface area contributed by atoms with Crippen molar-refractivity contribution in [3.05, 3.63) is 18.7 Å². The fourth-order valence-electron chi connectivity index (χ4n) is 3.26. The Kier molecular flexibility index (Phi) is 3.96. The van der Waals surface area contributed by atoms with Gasteiger partial charge in [0.15, 0.2) is 0 Å². The van der Waals surface area contributed by atoms with E-state index in [1.807, 2.05) is 0 Å². The standard InChI is InChI=1S/C13H20N4O4S/c18-12(19)13(15-10-5-14-11-15)3-8-17(9-4-13)22(20,21)16-6-1-2-7-16/h5,10-11H,1-4,6-9H2,(H,18,19). The number of hydrogen-bond acceptors (Lipinski definition) is 4. The Labute approximate surface area is 129 Å². The Bertz CT molecular complexity index is 629. The summed E-state index contributed by atoms with van der Waals surface area (Å²) in [6.45, 7) is 1.54. The summed E-state index contributed by atoms with van der Waals surface area (Å²) < 4.78 is 29.6. The SMILES string of the molecule is O=C(O)C1(n2ccnc2)CCN(S(=O)(=O)N2CCCC2)CC1. The largest absolute Gasteiger partial charge is 0.479 e. The minimum Gasteiger partial charge on any atom is -0.479 e. The van der Waals surface area contributed by atoms with Crippen molar-refractivity contribution in [3.63, 3.8) is 0 Å². The molecule has 0 aromatic carbocycles. The molecule has 0 bridgehead atoms. The Morgan fingerprint density at radius 3 is 2.18 bits per heavy atom. The van der Waals surface area contributed by atoms with Crippen LogP contribution in [0.4, 0.5) is 0 Å². The molecular formula is C13H20N4O4S. The predicted molar refractivity (Wildman–Crippen MR) is 78.4 cm³/mol. The van der Waals surface area contributed by atoms with Crippen molar-refractivity contribution in [2.45, 2.75) is 31.2 Å². The molecule has 0 radical (unpaired) electrons. The number of imidazole rings is 1. The van der Waals surface area contributed by atoms with Crippen LogP contribution >= 0.6 is 0 Å². The quantitative estimate of drug-likeness (QED) is 0.846. The van der Waals surface area contributed by atoms with Gasteiger partial charge >= 0.3 is 5.97 Å². The molecule has 9 heteroatoms. The molecule has 0 atom stereocenters. The van der Waals surface area contributed by atoms with Crippen molar-refractivity contribution in [2.75, 3.05) is 26.2 Å². The first kappa shape index (κ1) is 15.4. The first-order chi connectivity index (χ1) is 10.5. The number of rotatable bonds is 4. The molecule has 2 aliphatic heterocycles. The van der Waals surface area contributed by atoms with Gasteiger partial charge in [-0.25, -0.2) is 9.78 Å². The minimum absolute atomic E-state index is 0.212. The molecule has 0 aliphatic carbocycles. The van der Waals surface area contributed by atoms with Crippen molar-refractivity contribution >= 4 is 16.2 Å². The Morgan fingerprint density at radius 2 is 1.68 bits per heavy atom. The molecule has 1 aromatic heterocycles. The van der Waals surface area contributed by atoms with Crippen molar-refractivity contribution in [1.82, 2.24) is 18.2 Å². The van der Waals surface area contributed by atoms with Crippen molar-refractivity contribution in [1.29, 1.82) is 0 Å². The zero-order valence-electron chi connectivity index (χ0n) is 12.3. The van der Waals surface area contributed by atoms with E-state index in [-0.39, 0.29) is 25.9 Å². The lowest BCUT2D eigenvalue weighted by molar-refractivity contribution is -0.149. The third-order valence-electron chi connectivity index (χ3n) is 4.66. The number of piperidine rings is 1. The fourth-order valence-corrected chi connectivity index (χ4v) is 4.95. The van der Waals surface area contributed by atoms with Gasteiger partial charge < -0.3 is 9.67 Å². The van der Waals surface area contributed by atoms with Crippen LogP contribution in [0.5, 0.6) is 0 Å². The van der Waals surface area contributed by atoms with E-state index in [0.717, 1.165) is 12.8 Å². The molecule has 0 spiro atoms. The number of hydrogen-bond donors (Lipinski definition) is 1. The monoisotopic (exact) mass is 328 g/mol. The molecule has 0 saturated carbocycles. The second kappa shape index (κ2) is 5.64. The molecule has 3 heterocycles. The predicted octanol–water partition coefficient (Wildman–Crippen LogP) is 0.0994. The molecule has 2 aliphatic rings. The highest BCUT2D eigenvalue weighted by Crippen LogP contribution is 2.32. The highest BCUT2D eigenvalue weighted by Gasteiger charge is 2.46. The van der Waals surface area contributed by atoms with Gasteiger partial charge in [0.05, 0.1) is 6.33 Å². The third-order valence-corrected chi connectivity index (χ3v) is 6.70. The number of carboxylic acid groups (broad SMARTS) is 1. The number of nitrogens with zero attached hydrogens (tertiary/aromatic N) is 4. The van der Waals surface area contributed by atoms with Crippen LogP contribution in [0.25, 0.3) is 0 Å².